The van der Waals surface area contributed by atoms with Crippen LogP contribution in [0.2, 0.25) is 0 Å². The fourth-order valence-electron chi connectivity index (χ4n) is 1.58. The number of thiophene rings is 1. The summed E-state index contributed by atoms with van der Waals surface area (Å²) in [6, 6.07) is 8.25. The molecular formula is C13H10F3NOS. The minimum Gasteiger partial charge on any atom is -0.321 e. The van der Waals surface area contributed by atoms with Gasteiger partial charge in [-0.2, -0.15) is 13.2 Å². The van der Waals surface area contributed by atoms with Crippen molar-refractivity contribution in [3.8, 4) is 0 Å². The zero-order chi connectivity index (χ0) is 14.0. The van der Waals surface area contributed by atoms with Crippen molar-refractivity contribution in [2.45, 2.75) is 13.1 Å². The topological polar surface area (TPSA) is 29.1 Å². The van der Waals surface area contributed by atoms with Crippen molar-refractivity contribution < 1.29 is 18.0 Å². The summed E-state index contributed by atoms with van der Waals surface area (Å²) in [7, 11) is 0. The van der Waals surface area contributed by atoms with Crippen LogP contribution < -0.4 is 5.32 Å². The predicted octanol–water partition coefficient (Wildman–Crippen LogP) is 4.33. The van der Waals surface area contributed by atoms with Crippen LogP contribution in [0.3, 0.4) is 0 Å². The number of carbonyl (C=O) groups is 1. The molecule has 0 saturated heterocycles. The van der Waals surface area contributed by atoms with Gasteiger partial charge >= 0.3 is 6.18 Å². The quantitative estimate of drug-likeness (QED) is 0.874. The van der Waals surface area contributed by atoms with E-state index in [9.17, 15) is 18.0 Å². The Kier molecular flexibility index (Phi) is 3.61. The highest BCUT2D eigenvalue weighted by atomic mass is 32.1. The number of anilines is 1. The first-order chi connectivity index (χ1) is 8.88. The van der Waals surface area contributed by atoms with Crippen LogP contribution in [0.25, 0.3) is 0 Å². The lowest BCUT2D eigenvalue weighted by Gasteiger charge is -2.12. The lowest BCUT2D eigenvalue weighted by atomic mass is 10.1. The first-order valence-corrected chi connectivity index (χ1v) is 6.23. The number of nitrogens with one attached hydrogen (secondary N) is 1. The van der Waals surface area contributed by atoms with Gasteiger partial charge in [-0.3, -0.25) is 4.79 Å². The zero-order valence-corrected chi connectivity index (χ0v) is 10.7. The van der Waals surface area contributed by atoms with Crippen molar-refractivity contribution in [3.63, 3.8) is 0 Å². The molecular weight excluding hydrogens is 275 g/mol. The van der Waals surface area contributed by atoms with Gasteiger partial charge in [-0.25, -0.2) is 0 Å². The summed E-state index contributed by atoms with van der Waals surface area (Å²) in [5.74, 6) is -0.533. The maximum absolute atomic E-state index is 12.8. The van der Waals surface area contributed by atoms with Gasteiger partial charge in [-0.1, -0.05) is 12.1 Å². The van der Waals surface area contributed by atoms with E-state index in [4.69, 9.17) is 0 Å². The third kappa shape index (κ3) is 3.14. The van der Waals surface area contributed by atoms with E-state index in [1.807, 2.05) is 6.92 Å². The predicted molar refractivity (Wildman–Crippen MR) is 68.5 cm³/mol. The maximum Gasteiger partial charge on any atom is 0.418 e. The minimum absolute atomic E-state index is 0.231. The third-order valence-corrected chi connectivity index (χ3v) is 3.44. The Hall–Kier alpha value is -1.82. The molecule has 2 rings (SSSR count). The van der Waals surface area contributed by atoms with Crippen molar-refractivity contribution in [1.82, 2.24) is 0 Å². The number of hydrogen-bond donors (Lipinski definition) is 1. The van der Waals surface area contributed by atoms with Crippen LogP contribution in [0.15, 0.2) is 36.4 Å². The van der Waals surface area contributed by atoms with E-state index in [0.717, 1.165) is 10.9 Å². The van der Waals surface area contributed by atoms with Crippen LogP contribution >= 0.6 is 11.3 Å². The number of rotatable bonds is 2. The van der Waals surface area contributed by atoms with Gasteiger partial charge in [0.15, 0.2) is 0 Å². The van der Waals surface area contributed by atoms with Gasteiger partial charge < -0.3 is 5.32 Å². The van der Waals surface area contributed by atoms with Gasteiger partial charge in [0.05, 0.1) is 16.1 Å². The van der Waals surface area contributed by atoms with E-state index >= 15 is 0 Å². The molecule has 100 valence electrons. The maximum atomic E-state index is 12.8. The van der Waals surface area contributed by atoms with Gasteiger partial charge in [0, 0.05) is 4.88 Å². The summed E-state index contributed by atoms with van der Waals surface area (Å²) in [4.78, 5) is 13.1. The van der Waals surface area contributed by atoms with E-state index in [1.54, 1.807) is 12.1 Å². The number of carbonyl (C=O) groups excluding carboxylic acids is 1. The molecule has 19 heavy (non-hydrogen) atoms. The van der Waals surface area contributed by atoms with E-state index in [1.165, 1.54) is 29.5 Å². The number of hydrogen-bond acceptors (Lipinski definition) is 2. The number of amides is 1. The van der Waals surface area contributed by atoms with Crippen LogP contribution in [0.1, 0.15) is 20.1 Å². The van der Waals surface area contributed by atoms with E-state index in [0.29, 0.717) is 4.88 Å². The highest BCUT2D eigenvalue weighted by Gasteiger charge is 2.33. The summed E-state index contributed by atoms with van der Waals surface area (Å²) >= 11 is 1.24. The molecule has 0 aliphatic rings. The van der Waals surface area contributed by atoms with Crippen LogP contribution in [-0.4, -0.2) is 5.91 Å². The normalized spacial score (nSPS) is 11.4. The Bertz CT molecular complexity index is 604. The monoisotopic (exact) mass is 285 g/mol. The number of aryl methyl sites for hydroxylation is 1. The van der Waals surface area contributed by atoms with Crippen molar-refractivity contribution in [3.05, 3.63) is 51.7 Å². The van der Waals surface area contributed by atoms with Gasteiger partial charge in [-0.15, -0.1) is 11.3 Å². The molecule has 0 aliphatic carbocycles. The molecule has 0 atom stereocenters. The molecule has 1 aromatic heterocycles. The molecule has 0 saturated carbocycles. The Morgan fingerprint density at radius 2 is 1.84 bits per heavy atom. The first-order valence-electron chi connectivity index (χ1n) is 5.42. The van der Waals surface area contributed by atoms with Crippen LogP contribution in [0.4, 0.5) is 18.9 Å². The summed E-state index contributed by atoms with van der Waals surface area (Å²) in [5.41, 5.74) is -1.08. The highest BCUT2D eigenvalue weighted by molar-refractivity contribution is 7.14. The second-order valence-corrected chi connectivity index (χ2v) is 5.20. The van der Waals surface area contributed by atoms with Crippen LogP contribution in [0, 0.1) is 6.92 Å². The third-order valence-electron chi connectivity index (χ3n) is 2.44. The average Bonchev–Trinajstić information content (AvgIpc) is 2.75. The summed E-state index contributed by atoms with van der Waals surface area (Å²) < 4.78 is 38.3. The van der Waals surface area contributed by atoms with Gasteiger partial charge in [-0.05, 0) is 31.2 Å². The minimum atomic E-state index is -4.49. The second kappa shape index (κ2) is 5.05. The molecule has 0 radical (unpaired) electrons. The molecule has 1 N–H and O–H groups in total. The van der Waals surface area contributed by atoms with Gasteiger partial charge in [0.1, 0.15) is 0 Å². The fourth-order valence-corrected chi connectivity index (χ4v) is 2.34. The molecule has 0 bridgehead atoms. The zero-order valence-electron chi connectivity index (χ0n) is 9.91. The Balaban J connectivity index is 2.27. The SMILES string of the molecule is Cc1ccc(C(=O)Nc2ccccc2C(F)(F)F)s1. The average molecular weight is 285 g/mol. The molecule has 6 heteroatoms. The molecule has 2 nitrogen and oxygen atoms in total. The molecule has 0 spiro atoms. The Labute approximate surface area is 111 Å². The van der Waals surface area contributed by atoms with Crippen molar-refractivity contribution in [2.75, 3.05) is 5.32 Å². The molecule has 1 aromatic carbocycles. The number of para-hydroxylation sites is 1. The number of alkyl halides is 3. The highest BCUT2D eigenvalue weighted by Crippen LogP contribution is 2.34. The molecule has 0 aliphatic heterocycles. The standard InChI is InChI=1S/C13H10F3NOS/c1-8-6-7-11(19-8)12(18)17-10-5-3-2-4-9(10)13(14,15)16/h2-7H,1H3,(H,17,18). The number of benzene rings is 1. The lowest BCUT2D eigenvalue weighted by Crippen LogP contribution is -2.15. The van der Waals surface area contributed by atoms with Crippen molar-refractivity contribution >= 4 is 22.9 Å². The lowest BCUT2D eigenvalue weighted by molar-refractivity contribution is -0.136. The van der Waals surface area contributed by atoms with E-state index in [2.05, 4.69) is 5.32 Å². The fraction of sp³-hybridized carbons (Fsp3) is 0.154. The Morgan fingerprint density at radius 3 is 2.42 bits per heavy atom. The first kappa shape index (κ1) is 13.6. The molecule has 2 aromatic rings. The smallest absolute Gasteiger partial charge is 0.321 e. The molecule has 1 amide bonds. The molecule has 1 heterocycles. The van der Waals surface area contributed by atoms with Crippen molar-refractivity contribution in [1.29, 1.82) is 0 Å². The largest absolute Gasteiger partial charge is 0.418 e. The van der Waals surface area contributed by atoms with Gasteiger partial charge in [0.25, 0.3) is 5.91 Å². The number of halogens is 3. The summed E-state index contributed by atoms with van der Waals surface area (Å²) in [6.45, 7) is 1.82. The molecule has 0 unspecified atom stereocenters. The van der Waals surface area contributed by atoms with Gasteiger partial charge in [0.2, 0.25) is 0 Å². The summed E-state index contributed by atoms with van der Waals surface area (Å²) in [6.07, 6.45) is -4.49. The Morgan fingerprint density at radius 1 is 1.16 bits per heavy atom. The summed E-state index contributed by atoms with van der Waals surface area (Å²) in [5, 5.41) is 2.30. The van der Waals surface area contributed by atoms with Crippen molar-refractivity contribution in [2.24, 2.45) is 0 Å². The second-order valence-electron chi connectivity index (χ2n) is 3.91. The van der Waals surface area contributed by atoms with E-state index in [-0.39, 0.29) is 5.69 Å². The molecule has 0 fully saturated rings. The van der Waals surface area contributed by atoms with Crippen LogP contribution in [-0.2, 0) is 6.18 Å². The van der Waals surface area contributed by atoms with Crippen LogP contribution in [0.5, 0.6) is 0 Å². The van der Waals surface area contributed by atoms with E-state index < -0.39 is 17.6 Å².